The maximum Gasteiger partial charge on any atom is 1.00 e. The van der Waals surface area contributed by atoms with E-state index in [4.69, 9.17) is 4.98 Å². The molecule has 1 saturated carbocycles. The van der Waals surface area contributed by atoms with Crippen LogP contribution in [-0.2, 0) is 4.79 Å². The smallest absolute Gasteiger partial charge is 0.550 e. The molecule has 0 saturated heterocycles. The second kappa shape index (κ2) is 11.2. The van der Waals surface area contributed by atoms with Crippen molar-refractivity contribution in [1.29, 1.82) is 0 Å². The molecule has 1 aromatic heterocycles. The van der Waals surface area contributed by atoms with Gasteiger partial charge in [-0.25, -0.2) is 4.39 Å². The Bertz CT molecular complexity index is 978. The van der Waals surface area contributed by atoms with Crippen LogP contribution >= 0.6 is 0 Å². The molecule has 0 spiro atoms. The third-order valence-electron chi connectivity index (χ3n) is 5.04. The Labute approximate surface area is 204 Å². The minimum atomic E-state index is -1.38. The van der Waals surface area contributed by atoms with E-state index in [-0.39, 0.29) is 47.7 Å². The van der Waals surface area contributed by atoms with Crippen molar-refractivity contribution in [2.45, 2.75) is 63.6 Å². The molecule has 3 rings (SSSR count). The van der Waals surface area contributed by atoms with E-state index in [1.54, 1.807) is 12.1 Å². The fraction of sp³-hybridized carbons (Fsp3) is 0.417. The van der Waals surface area contributed by atoms with Crippen LogP contribution in [0.25, 0.3) is 11.1 Å². The van der Waals surface area contributed by atoms with Gasteiger partial charge >= 0.3 is 29.6 Å². The largest absolute Gasteiger partial charge is 1.00 e. The Kier molecular flexibility index (Phi) is 9.23. The molecule has 5 nitrogen and oxygen atoms in total. The number of aromatic nitrogens is 1. The van der Waals surface area contributed by atoms with E-state index in [2.05, 4.69) is 25.7 Å². The van der Waals surface area contributed by atoms with Crippen molar-refractivity contribution < 1.29 is 54.1 Å². The molecular formula is C24H25FNNaO4. The van der Waals surface area contributed by atoms with Crippen molar-refractivity contribution in [3.8, 4) is 23.0 Å². The number of carboxylic acids is 1. The first-order valence-corrected chi connectivity index (χ1v) is 10.1. The van der Waals surface area contributed by atoms with Gasteiger partial charge in [-0.15, -0.1) is 0 Å². The monoisotopic (exact) mass is 433 g/mol. The topological polar surface area (TPSA) is 93.5 Å². The zero-order valence-electron chi connectivity index (χ0n) is 18.1. The second-order valence-electron chi connectivity index (χ2n) is 8.04. The van der Waals surface area contributed by atoms with E-state index in [1.165, 1.54) is 12.1 Å². The van der Waals surface area contributed by atoms with Gasteiger partial charge in [0.15, 0.2) is 0 Å². The molecule has 0 unspecified atom stereocenters. The molecule has 2 atom stereocenters. The summed E-state index contributed by atoms with van der Waals surface area (Å²) in [4.78, 5) is 15.4. The van der Waals surface area contributed by atoms with Gasteiger partial charge in [0.2, 0.25) is 0 Å². The van der Waals surface area contributed by atoms with Crippen LogP contribution in [0.3, 0.4) is 0 Å². The van der Waals surface area contributed by atoms with Gasteiger partial charge in [-0.3, -0.25) is 4.98 Å². The Hall–Kier alpha value is -1.75. The van der Waals surface area contributed by atoms with Gasteiger partial charge in [-0.2, -0.15) is 0 Å². The number of halogens is 1. The SMILES string of the molecule is CC(C)c1cc(-c2ccc(F)cc2)c(C#C[C@@H](O)C[C@@H](O)CC(=O)[O-])c(C2CC2)n1.[Na+]. The molecule has 1 aliphatic carbocycles. The molecule has 158 valence electrons. The number of carbonyl (C=O) groups is 1. The van der Waals surface area contributed by atoms with E-state index in [0.29, 0.717) is 11.5 Å². The van der Waals surface area contributed by atoms with Crippen LogP contribution in [0, 0.1) is 17.7 Å². The predicted octanol–water partition coefficient (Wildman–Crippen LogP) is -0.504. The maximum absolute atomic E-state index is 13.5. The summed E-state index contributed by atoms with van der Waals surface area (Å²) in [5.41, 5.74) is 4.10. The molecule has 1 aromatic carbocycles. The first-order valence-electron chi connectivity index (χ1n) is 10.1. The van der Waals surface area contributed by atoms with E-state index < -0.39 is 24.6 Å². The van der Waals surface area contributed by atoms with Crippen LogP contribution in [0.2, 0.25) is 0 Å². The molecule has 1 heterocycles. The van der Waals surface area contributed by atoms with Gasteiger partial charge in [-0.05, 0) is 42.5 Å². The molecule has 31 heavy (non-hydrogen) atoms. The van der Waals surface area contributed by atoms with E-state index >= 15 is 0 Å². The Balaban J connectivity index is 0.00000341. The van der Waals surface area contributed by atoms with Gasteiger partial charge in [-0.1, -0.05) is 37.8 Å². The molecule has 2 aromatic rings. The number of aliphatic hydroxyl groups is 2. The molecule has 2 N–H and O–H groups in total. The summed E-state index contributed by atoms with van der Waals surface area (Å²) in [6.07, 6.45) is -1.16. The number of hydrogen-bond acceptors (Lipinski definition) is 5. The molecular weight excluding hydrogens is 408 g/mol. The van der Waals surface area contributed by atoms with Gasteiger partial charge in [0.25, 0.3) is 0 Å². The average Bonchev–Trinajstić information content (AvgIpc) is 3.50. The Morgan fingerprint density at radius 2 is 1.90 bits per heavy atom. The summed E-state index contributed by atoms with van der Waals surface area (Å²) in [6, 6.07) is 8.12. The van der Waals surface area contributed by atoms with Crippen molar-refractivity contribution in [3.05, 3.63) is 53.1 Å². The summed E-state index contributed by atoms with van der Waals surface area (Å²) >= 11 is 0. The molecule has 0 bridgehead atoms. The first kappa shape index (κ1) is 25.5. The number of hydrogen-bond donors (Lipinski definition) is 2. The second-order valence-corrected chi connectivity index (χ2v) is 8.04. The van der Waals surface area contributed by atoms with Crippen molar-refractivity contribution in [1.82, 2.24) is 4.98 Å². The van der Waals surface area contributed by atoms with Gasteiger partial charge < -0.3 is 20.1 Å². The minimum Gasteiger partial charge on any atom is -0.550 e. The zero-order chi connectivity index (χ0) is 21.8. The van der Waals surface area contributed by atoms with Gasteiger partial charge in [0, 0.05) is 36.0 Å². The van der Waals surface area contributed by atoms with Crippen LogP contribution in [0.1, 0.15) is 68.3 Å². The molecule has 1 fully saturated rings. The number of benzene rings is 1. The Morgan fingerprint density at radius 3 is 2.45 bits per heavy atom. The van der Waals surface area contributed by atoms with E-state index in [9.17, 15) is 24.5 Å². The molecule has 0 radical (unpaired) electrons. The number of carboxylic acid groups (broad SMARTS) is 1. The number of aliphatic hydroxyl groups excluding tert-OH is 2. The number of carbonyl (C=O) groups excluding carboxylic acids is 1. The first-order chi connectivity index (χ1) is 14.2. The molecule has 1 aliphatic rings. The standard InChI is InChI=1S/C24H26FNO4.Na/c1-14(2)22-13-21(15-5-7-17(25)8-6-15)20(24(26-22)16-3-4-16)10-9-18(27)11-19(28)12-23(29)30;/h5-8,13-14,16,18-19,27-28H,3-4,11-12H2,1-2H3,(H,29,30);/q;+1/p-1/t18-,19-;/m1./s1. The number of pyridine rings is 1. The van der Waals surface area contributed by atoms with Crippen LogP contribution in [-0.4, -0.2) is 33.4 Å². The average molecular weight is 433 g/mol. The van der Waals surface area contributed by atoms with Crippen LogP contribution < -0.4 is 34.7 Å². The quantitative estimate of drug-likeness (QED) is 0.454. The maximum atomic E-state index is 13.5. The molecule has 7 heteroatoms. The molecule has 0 amide bonds. The van der Waals surface area contributed by atoms with Gasteiger partial charge in [0.05, 0.1) is 17.4 Å². The number of nitrogens with zero attached hydrogens (tertiary/aromatic N) is 1. The van der Waals surface area contributed by atoms with Crippen molar-refractivity contribution in [3.63, 3.8) is 0 Å². The summed E-state index contributed by atoms with van der Waals surface area (Å²) in [6.45, 7) is 4.11. The van der Waals surface area contributed by atoms with Crippen molar-refractivity contribution in [2.75, 3.05) is 0 Å². The summed E-state index contributed by atoms with van der Waals surface area (Å²) in [5, 5.41) is 30.4. The fourth-order valence-electron chi connectivity index (χ4n) is 3.27. The van der Waals surface area contributed by atoms with Gasteiger partial charge in [0.1, 0.15) is 11.9 Å². The molecule has 0 aliphatic heterocycles. The van der Waals surface area contributed by atoms with Crippen LogP contribution in [0.5, 0.6) is 0 Å². The van der Waals surface area contributed by atoms with E-state index in [1.807, 2.05) is 6.07 Å². The Morgan fingerprint density at radius 1 is 1.26 bits per heavy atom. The van der Waals surface area contributed by atoms with Crippen LogP contribution in [0.4, 0.5) is 4.39 Å². The third-order valence-corrected chi connectivity index (χ3v) is 5.04. The van der Waals surface area contributed by atoms with Crippen molar-refractivity contribution in [2.24, 2.45) is 0 Å². The minimum absolute atomic E-state index is 0. The normalized spacial score (nSPS) is 14.9. The summed E-state index contributed by atoms with van der Waals surface area (Å²) in [7, 11) is 0. The van der Waals surface area contributed by atoms with E-state index in [0.717, 1.165) is 35.4 Å². The number of aliphatic carboxylic acids is 1. The third kappa shape index (κ3) is 7.13. The fourth-order valence-corrected chi connectivity index (χ4v) is 3.27. The van der Waals surface area contributed by atoms with Crippen molar-refractivity contribution >= 4 is 5.97 Å². The van der Waals surface area contributed by atoms with Crippen LogP contribution in [0.15, 0.2) is 30.3 Å². The summed E-state index contributed by atoms with van der Waals surface area (Å²) in [5.74, 6) is 4.51. The predicted molar refractivity (Wildman–Crippen MR) is 109 cm³/mol. The number of rotatable bonds is 7. The zero-order valence-corrected chi connectivity index (χ0v) is 20.1. The summed E-state index contributed by atoms with van der Waals surface area (Å²) < 4.78 is 13.5.